The van der Waals surface area contributed by atoms with Gasteiger partial charge in [-0.1, -0.05) is 13.2 Å². The minimum absolute atomic E-state index is 0.0185. The summed E-state index contributed by atoms with van der Waals surface area (Å²) in [5, 5.41) is 2.33. The van der Waals surface area contributed by atoms with Crippen LogP contribution in [-0.4, -0.2) is 11.7 Å². The van der Waals surface area contributed by atoms with E-state index in [0.29, 0.717) is 0 Å². The molecule has 0 aliphatic carbocycles. The zero-order chi connectivity index (χ0) is 9.28. The van der Waals surface area contributed by atoms with E-state index in [1.165, 1.54) is 26.1 Å². The normalized spacial score (nSPS) is 6.73. The highest BCUT2D eigenvalue weighted by Crippen LogP contribution is 1.60. The summed E-state index contributed by atoms with van der Waals surface area (Å²) in [6.45, 7) is 9.38. The molecule has 0 aromatic rings. The summed E-state index contributed by atoms with van der Waals surface area (Å²) in [6, 6.07) is 0. The van der Waals surface area contributed by atoms with E-state index in [4.69, 9.17) is 0 Å². The van der Waals surface area contributed by atoms with E-state index in [2.05, 4.69) is 18.5 Å². The number of carbonyl (C=O) groups excluding carboxylic acids is 2. The molecule has 0 aromatic heterocycles. The molecule has 0 unspecified atom stereocenters. The molecule has 0 saturated heterocycles. The first kappa shape index (κ1) is 12.3. The standard InChI is InChI=1S/C4H7NO.C4H6O/c1-3-5-4(2)6;1-3-4(2)5/h3H,1H2,2H3,(H,5,6);3H,1H2,2H3. The van der Waals surface area contributed by atoms with Crippen LogP contribution in [0.25, 0.3) is 0 Å². The maximum absolute atomic E-state index is 9.86. The van der Waals surface area contributed by atoms with Gasteiger partial charge in [-0.25, -0.2) is 0 Å². The van der Waals surface area contributed by atoms with Gasteiger partial charge in [0.25, 0.3) is 0 Å². The molecule has 0 aliphatic heterocycles. The van der Waals surface area contributed by atoms with Crippen molar-refractivity contribution in [3.63, 3.8) is 0 Å². The highest BCUT2D eigenvalue weighted by Gasteiger charge is 1.75. The Labute approximate surface area is 66.8 Å². The number of nitrogens with one attached hydrogen (secondary N) is 1. The largest absolute Gasteiger partial charge is 0.334 e. The maximum Gasteiger partial charge on any atom is 0.220 e. The minimum Gasteiger partial charge on any atom is -0.334 e. The number of amides is 1. The monoisotopic (exact) mass is 155 g/mol. The maximum atomic E-state index is 9.86. The zero-order valence-electron chi connectivity index (χ0n) is 6.89. The molecule has 0 bridgehead atoms. The van der Waals surface area contributed by atoms with E-state index in [0.717, 1.165) is 0 Å². The third-order valence-corrected chi connectivity index (χ3v) is 0.593. The van der Waals surface area contributed by atoms with Crippen molar-refractivity contribution >= 4 is 11.7 Å². The van der Waals surface area contributed by atoms with Gasteiger partial charge in [-0.3, -0.25) is 9.59 Å². The van der Waals surface area contributed by atoms with Crippen molar-refractivity contribution in [1.29, 1.82) is 0 Å². The molecule has 0 atom stereocenters. The smallest absolute Gasteiger partial charge is 0.220 e. The predicted octanol–water partition coefficient (Wildman–Crippen LogP) is 1.03. The van der Waals surface area contributed by atoms with E-state index in [1.807, 2.05) is 0 Å². The predicted molar refractivity (Wildman–Crippen MR) is 44.9 cm³/mol. The number of allylic oxidation sites excluding steroid dienone is 1. The van der Waals surface area contributed by atoms with Crippen LogP contribution >= 0.6 is 0 Å². The SMILES string of the molecule is C=CC(C)=O.C=CNC(C)=O. The highest BCUT2D eigenvalue weighted by molar-refractivity contribution is 5.86. The average Bonchev–Trinajstić information content (AvgIpc) is 1.89. The van der Waals surface area contributed by atoms with Gasteiger partial charge in [-0.05, 0) is 19.2 Å². The minimum atomic E-state index is -0.0787. The lowest BCUT2D eigenvalue weighted by atomic mass is 10.5. The number of hydrogen-bond donors (Lipinski definition) is 1. The summed E-state index contributed by atoms with van der Waals surface area (Å²) in [6.07, 6.45) is 2.63. The number of rotatable bonds is 2. The van der Waals surface area contributed by atoms with Gasteiger partial charge in [0.2, 0.25) is 5.91 Å². The molecule has 0 aromatic carbocycles. The lowest BCUT2D eigenvalue weighted by Crippen LogP contribution is -2.10. The van der Waals surface area contributed by atoms with Crippen LogP contribution in [-0.2, 0) is 9.59 Å². The summed E-state index contributed by atoms with van der Waals surface area (Å²) < 4.78 is 0. The van der Waals surface area contributed by atoms with Gasteiger partial charge < -0.3 is 5.32 Å². The lowest BCUT2D eigenvalue weighted by Gasteiger charge is -1.83. The Kier molecular flexibility index (Phi) is 9.65. The van der Waals surface area contributed by atoms with E-state index in [1.54, 1.807) is 0 Å². The van der Waals surface area contributed by atoms with Gasteiger partial charge in [-0.2, -0.15) is 0 Å². The molecule has 0 heterocycles. The Hall–Kier alpha value is -1.38. The third kappa shape index (κ3) is 28.8. The Balaban J connectivity index is 0. The van der Waals surface area contributed by atoms with E-state index < -0.39 is 0 Å². The van der Waals surface area contributed by atoms with E-state index in [9.17, 15) is 9.59 Å². The van der Waals surface area contributed by atoms with Crippen molar-refractivity contribution in [2.75, 3.05) is 0 Å². The zero-order valence-corrected chi connectivity index (χ0v) is 6.89. The number of carbonyl (C=O) groups is 2. The highest BCUT2D eigenvalue weighted by atomic mass is 16.1. The van der Waals surface area contributed by atoms with Crippen LogP contribution in [0.1, 0.15) is 13.8 Å². The van der Waals surface area contributed by atoms with E-state index >= 15 is 0 Å². The van der Waals surface area contributed by atoms with Crippen LogP contribution in [0, 0.1) is 0 Å². The molecule has 0 radical (unpaired) electrons. The van der Waals surface area contributed by atoms with Crippen molar-refractivity contribution in [1.82, 2.24) is 5.32 Å². The summed E-state index contributed by atoms with van der Waals surface area (Å²) >= 11 is 0. The van der Waals surface area contributed by atoms with Crippen molar-refractivity contribution in [3.8, 4) is 0 Å². The molecule has 62 valence electrons. The van der Waals surface area contributed by atoms with Crippen molar-refractivity contribution in [2.24, 2.45) is 0 Å². The Morgan fingerprint density at radius 1 is 1.27 bits per heavy atom. The molecule has 0 spiro atoms. The molecule has 0 aliphatic rings. The fourth-order valence-electron chi connectivity index (χ4n) is 0.144. The van der Waals surface area contributed by atoms with E-state index in [-0.39, 0.29) is 11.7 Å². The molecular weight excluding hydrogens is 142 g/mol. The number of hydrogen-bond acceptors (Lipinski definition) is 2. The third-order valence-electron chi connectivity index (χ3n) is 0.593. The fraction of sp³-hybridized carbons (Fsp3) is 0.250. The van der Waals surface area contributed by atoms with Crippen LogP contribution in [0.15, 0.2) is 25.4 Å². The molecule has 0 saturated carbocycles. The first-order chi connectivity index (χ1) is 5.04. The van der Waals surface area contributed by atoms with Crippen LogP contribution in [0.5, 0.6) is 0 Å². The lowest BCUT2D eigenvalue weighted by molar-refractivity contribution is -0.118. The molecule has 0 fully saturated rings. The van der Waals surface area contributed by atoms with Crippen LogP contribution in [0.3, 0.4) is 0 Å². The Bertz CT molecular complexity index is 161. The second-order valence-corrected chi connectivity index (χ2v) is 1.72. The van der Waals surface area contributed by atoms with Crippen LogP contribution in [0.2, 0.25) is 0 Å². The molecule has 3 heteroatoms. The second kappa shape index (κ2) is 8.62. The van der Waals surface area contributed by atoms with Gasteiger partial charge in [0.15, 0.2) is 5.78 Å². The molecule has 1 amide bonds. The summed E-state index contributed by atoms with van der Waals surface area (Å²) in [5.41, 5.74) is 0. The van der Waals surface area contributed by atoms with Crippen molar-refractivity contribution in [3.05, 3.63) is 25.4 Å². The average molecular weight is 155 g/mol. The molecule has 0 rings (SSSR count). The molecule has 3 nitrogen and oxygen atoms in total. The fourth-order valence-corrected chi connectivity index (χ4v) is 0.144. The van der Waals surface area contributed by atoms with Crippen LogP contribution in [0.4, 0.5) is 0 Å². The first-order valence-electron chi connectivity index (χ1n) is 3.05. The van der Waals surface area contributed by atoms with Gasteiger partial charge in [-0.15, -0.1) is 0 Å². The molecular formula is C8H13NO2. The topological polar surface area (TPSA) is 46.2 Å². The van der Waals surface area contributed by atoms with Gasteiger partial charge in [0.05, 0.1) is 0 Å². The second-order valence-electron chi connectivity index (χ2n) is 1.72. The molecule has 11 heavy (non-hydrogen) atoms. The summed E-state index contributed by atoms with van der Waals surface area (Å²) in [5.74, 6) is -0.0602. The quantitative estimate of drug-likeness (QED) is 0.605. The summed E-state index contributed by atoms with van der Waals surface area (Å²) in [7, 11) is 0. The Morgan fingerprint density at radius 3 is 1.64 bits per heavy atom. The van der Waals surface area contributed by atoms with Gasteiger partial charge >= 0.3 is 0 Å². The first-order valence-corrected chi connectivity index (χ1v) is 3.05. The van der Waals surface area contributed by atoms with Crippen molar-refractivity contribution < 1.29 is 9.59 Å². The van der Waals surface area contributed by atoms with Crippen LogP contribution < -0.4 is 5.32 Å². The summed E-state index contributed by atoms with van der Waals surface area (Å²) in [4.78, 5) is 19.6. The number of ketones is 1. The van der Waals surface area contributed by atoms with Crippen molar-refractivity contribution in [2.45, 2.75) is 13.8 Å². The van der Waals surface area contributed by atoms with Gasteiger partial charge in [0.1, 0.15) is 0 Å². The van der Waals surface area contributed by atoms with Gasteiger partial charge in [0, 0.05) is 6.92 Å². The molecule has 1 N–H and O–H groups in total. The Morgan fingerprint density at radius 2 is 1.64 bits per heavy atom.